The molecule has 0 amide bonds. The summed E-state index contributed by atoms with van der Waals surface area (Å²) in [6.07, 6.45) is 2.35. The first kappa shape index (κ1) is 14.1. The zero-order valence-corrected chi connectivity index (χ0v) is 11.2. The van der Waals surface area contributed by atoms with Crippen LogP contribution in [0, 0.1) is 0 Å². The number of aryl methyl sites for hydroxylation is 1. The number of aliphatic hydroxyl groups excluding tert-OH is 1. The molecule has 0 atom stereocenters. The second-order valence-electron chi connectivity index (χ2n) is 4.50. The molecule has 0 radical (unpaired) electrons. The summed E-state index contributed by atoms with van der Waals surface area (Å²) in [6.45, 7) is 1.11. The van der Waals surface area contributed by atoms with Gasteiger partial charge in [-0.3, -0.25) is 4.79 Å². The molecule has 1 aromatic carbocycles. The van der Waals surface area contributed by atoms with Crippen LogP contribution in [0.5, 0.6) is 5.75 Å². The van der Waals surface area contributed by atoms with Crippen molar-refractivity contribution in [2.45, 2.75) is 19.6 Å². The maximum Gasteiger partial charge on any atom is 0.250 e. The van der Waals surface area contributed by atoms with E-state index in [9.17, 15) is 4.79 Å². The lowest BCUT2D eigenvalue weighted by atomic mass is 10.2. The van der Waals surface area contributed by atoms with Gasteiger partial charge in [-0.05, 0) is 30.2 Å². The number of nitrogens with zero attached hydrogens (tertiary/aromatic N) is 1. The summed E-state index contributed by atoms with van der Waals surface area (Å²) in [5.41, 5.74) is 7.00. The minimum Gasteiger partial charge on any atom is -0.494 e. The SMILES string of the molecule is Nc1ccc(=O)n(CCCOc2ccc(CO)cc2)c1. The summed E-state index contributed by atoms with van der Waals surface area (Å²) in [5.74, 6) is 0.752. The number of pyridine rings is 1. The van der Waals surface area contributed by atoms with Gasteiger partial charge in [-0.2, -0.15) is 0 Å². The van der Waals surface area contributed by atoms with Gasteiger partial charge in [0, 0.05) is 24.5 Å². The van der Waals surface area contributed by atoms with E-state index in [1.165, 1.54) is 6.07 Å². The Bertz CT molecular complexity index is 605. The van der Waals surface area contributed by atoms with Gasteiger partial charge < -0.3 is 20.1 Å². The fourth-order valence-corrected chi connectivity index (χ4v) is 1.84. The van der Waals surface area contributed by atoms with Gasteiger partial charge in [0.05, 0.1) is 13.2 Å². The Hall–Kier alpha value is -2.27. The summed E-state index contributed by atoms with van der Waals surface area (Å²) in [5, 5.41) is 8.93. The minimum absolute atomic E-state index is 0.0264. The number of nitrogens with two attached hydrogens (primary N) is 1. The Labute approximate surface area is 117 Å². The molecular formula is C15H18N2O3. The zero-order valence-electron chi connectivity index (χ0n) is 11.2. The molecule has 2 rings (SSSR count). The second-order valence-corrected chi connectivity index (χ2v) is 4.50. The third kappa shape index (κ3) is 3.86. The molecule has 0 saturated carbocycles. The highest BCUT2D eigenvalue weighted by molar-refractivity contribution is 5.33. The zero-order chi connectivity index (χ0) is 14.4. The summed E-state index contributed by atoms with van der Waals surface area (Å²) >= 11 is 0. The minimum atomic E-state index is -0.0634. The van der Waals surface area contributed by atoms with Crippen LogP contribution in [0.25, 0.3) is 0 Å². The van der Waals surface area contributed by atoms with E-state index in [0.717, 1.165) is 11.3 Å². The normalized spacial score (nSPS) is 10.4. The van der Waals surface area contributed by atoms with Crippen molar-refractivity contribution in [3.8, 4) is 5.75 Å². The topological polar surface area (TPSA) is 77.5 Å². The van der Waals surface area contributed by atoms with E-state index in [4.69, 9.17) is 15.6 Å². The predicted octanol–water partition coefficient (Wildman–Crippen LogP) is 1.39. The van der Waals surface area contributed by atoms with Crippen LogP contribution in [0.2, 0.25) is 0 Å². The molecule has 0 aliphatic heterocycles. The molecule has 3 N–H and O–H groups in total. The molecule has 0 fully saturated rings. The quantitative estimate of drug-likeness (QED) is 0.780. The van der Waals surface area contributed by atoms with E-state index in [1.54, 1.807) is 16.8 Å². The van der Waals surface area contributed by atoms with Crippen molar-refractivity contribution in [1.29, 1.82) is 0 Å². The van der Waals surface area contributed by atoms with Gasteiger partial charge in [0.2, 0.25) is 0 Å². The molecule has 0 saturated heterocycles. The summed E-state index contributed by atoms with van der Waals surface area (Å²) in [6, 6.07) is 10.3. The van der Waals surface area contributed by atoms with Gasteiger partial charge in [-0.1, -0.05) is 12.1 Å². The summed E-state index contributed by atoms with van der Waals surface area (Å²) < 4.78 is 7.15. The molecule has 2 aromatic rings. The number of nitrogen functional groups attached to an aromatic ring is 1. The van der Waals surface area contributed by atoms with Crippen molar-refractivity contribution in [1.82, 2.24) is 4.57 Å². The largest absolute Gasteiger partial charge is 0.494 e. The third-order valence-electron chi connectivity index (χ3n) is 2.92. The van der Waals surface area contributed by atoms with Crippen LogP contribution < -0.4 is 16.0 Å². The molecule has 0 bridgehead atoms. The molecule has 1 heterocycles. The van der Waals surface area contributed by atoms with Gasteiger partial charge in [0.1, 0.15) is 5.75 Å². The smallest absolute Gasteiger partial charge is 0.250 e. The lowest BCUT2D eigenvalue weighted by molar-refractivity contribution is 0.280. The highest BCUT2D eigenvalue weighted by Gasteiger charge is 1.98. The van der Waals surface area contributed by atoms with Gasteiger partial charge >= 0.3 is 0 Å². The van der Waals surface area contributed by atoms with Crippen LogP contribution in [0.4, 0.5) is 5.69 Å². The number of hydrogen-bond donors (Lipinski definition) is 2. The first-order valence-electron chi connectivity index (χ1n) is 6.47. The van der Waals surface area contributed by atoms with Gasteiger partial charge in [0.25, 0.3) is 5.56 Å². The highest BCUT2D eigenvalue weighted by atomic mass is 16.5. The molecule has 20 heavy (non-hydrogen) atoms. The molecule has 0 spiro atoms. The van der Waals surface area contributed by atoms with E-state index in [-0.39, 0.29) is 12.2 Å². The van der Waals surface area contributed by atoms with E-state index >= 15 is 0 Å². The van der Waals surface area contributed by atoms with Crippen LogP contribution in [0.1, 0.15) is 12.0 Å². The van der Waals surface area contributed by atoms with Crippen molar-refractivity contribution >= 4 is 5.69 Å². The number of aliphatic hydroxyl groups is 1. The van der Waals surface area contributed by atoms with Crippen molar-refractivity contribution in [3.63, 3.8) is 0 Å². The van der Waals surface area contributed by atoms with Crippen LogP contribution in [0.15, 0.2) is 47.4 Å². The molecular weight excluding hydrogens is 256 g/mol. The maximum absolute atomic E-state index is 11.5. The Morgan fingerprint density at radius 2 is 1.90 bits per heavy atom. The third-order valence-corrected chi connectivity index (χ3v) is 2.92. The average Bonchev–Trinajstić information content (AvgIpc) is 2.47. The predicted molar refractivity (Wildman–Crippen MR) is 77.6 cm³/mol. The lowest BCUT2D eigenvalue weighted by Crippen LogP contribution is -2.20. The van der Waals surface area contributed by atoms with Crippen LogP contribution >= 0.6 is 0 Å². The first-order valence-corrected chi connectivity index (χ1v) is 6.47. The van der Waals surface area contributed by atoms with E-state index < -0.39 is 0 Å². The fraction of sp³-hybridized carbons (Fsp3) is 0.267. The van der Waals surface area contributed by atoms with Crippen molar-refractivity contribution in [2.75, 3.05) is 12.3 Å². The number of hydrogen-bond acceptors (Lipinski definition) is 4. The number of aromatic nitrogens is 1. The monoisotopic (exact) mass is 274 g/mol. The van der Waals surface area contributed by atoms with E-state index in [1.807, 2.05) is 24.3 Å². The Balaban J connectivity index is 1.81. The molecule has 5 heteroatoms. The molecule has 5 nitrogen and oxygen atoms in total. The molecule has 0 aliphatic rings. The van der Waals surface area contributed by atoms with E-state index in [2.05, 4.69) is 0 Å². The van der Waals surface area contributed by atoms with Crippen LogP contribution in [-0.4, -0.2) is 16.3 Å². The second kappa shape index (κ2) is 6.77. The standard InChI is InChI=1S/C15H18N2O3/c16-13-4-7-15(19)17(10-13)8-1-9-20-14-5-2-12(11-18)3-6-14/h2-7,10,18H,1,8-9,11,16H2. The van der Waals surface area contributed by atoms with Crippen molar-refractivity contribution < 1.29 is 9.84 Å². The summed E-state index contributed by atoms with van der Waals surface area (Å²) in [7, 11) is 0. The van der Waals surface area contributed by atoms with Crippen LogP contribution in [-0.2, 0) is 13.2 Å². The molecule has 106 valence electrons. The number of rotatable bonds is 6. The fourth-order valence-electron chi connectivity index (χ4n) is 1.84. The summed E-state index contributed by atoms with van der Waals surface area (Å²) in [4.78, 5) is 11.5. The Morgan fingerprint density at radius 1 is 1.15 bits per heavy atom. The van der Waals surface area contributed by atoms with E-state index in [0.29, 0.717) is 25.3 Å². The number of anilines is 1. The lowest BCUT2D eigenvalue weighted by Gasteiger charge is -2.08. The van der Waals surface area contributed by atoms with Crippen molar-refractivity contribution in [2.24, 2.45) is 0 Å². The number of benzene rings is 1. The van der Waals surface area contributed by atoms with Crippen molar-refractivity contribution in [3.05, 3.63) is 58.5 Å². The number of ether oxygens (including phenoxy) is 1. The molecule has 0 unspecified atom stereocenters. The van der Waals surface area contributed by atoms with Gasteiger partial charge in [-0.15, -0.1) is 0 Å². The van der Waals surface area contributed by atoms with Crippen LogP contribution in [0.3, 0.4) is 0 Å². The first-order chi connectivity index (χ1) is 9.69. The molecule has 0 aliphatic carbocycles. The Kier molecular flexibility index (Phi) is 4.79. The molecule has 1 aromatic heterocycles. The average molecular weight is 274 g/mol. The Morgan fingerprint density at radius 3 is 2.60 bits per heavy atom. The van der Waals surface area contributed by atoms with Gasteiger partial charge in [-0.25, -0.2) is 0 Å². The van der Waals surface area contributed by atoms with Gasteiger partial charge in [0.15, 0.2) is 0 Å². The highest BCUT2D eigenvalue weighted by Crippen LogP contribution is 2.12. The maximum atomic E-state index is 11.5.